The van der Waals surface area contributed by atoms with Crippen LogP contribution in [0.5, 0.6) is 0 Å². The Bertz CT molecular complexity index is 503. The first-order chi connectivity index (χ1) is 9.58. The summed E-state index contributed by atoms with van der Waals surface area (Å²) in [6.45, 7) is 7.51. The summed E-state index contributed by atoms with van der Waals surface area (Å²) in [4.78, 5) is 14.9. The van der Waals surface area contributed by atoms with Gasteiger partial charge in [-0.2, -0.15) is 0 Å². The van der Waals surface area contributed by atoms with Crippen molar-refractivity contribution in [2.24, 2.45) is 0 Å². The van der Waals surface area contributed by atoms with Crippen LogP contribution in [0.2, 0.25) is 0 Å². The van der Waals surface area contributed by atoms with Crippen molar-refractivity contribution in [1.82, 2.24) is 10.2 Å². The SMILES string of the molecule is Cc1cccc([C@H](C)C(=O)NC2(CN3CCC3)CC2)c1. The van der Waals surface area contributed by atoms with E-state index in [1.54, 1.807) is 0 Å². The first-order valence-corrected chi connectivity index (χ1v) is 7.69. The molecule has 1 amide bonds. The second-order valence-electron chi connectivity index (χ2n) is 6.54. The smallest absolute Gasteiger partial charge is 0.227 e. The summed E-state index contributed by atoms with van der Waals surface area (Å²) in [5, 5.41) is 3.30. The number of carbonyl (C=O) groups is 1. The summed E-state index contributed by atoms with van der Waals surface area (Å²) < 4.78 is 0. The van der Waals surface area contributed by atoms with Gasteiger partial charge >= 0.3 is 0 Å². The topological polar surface area (TPSA) is 32.3 Å². The van der Waals surface area contributed by atoms with E-state index in [-0.39, 0.29) is 17.4 Å². The zero-order chi connectivity index (χ0) is 14.2. The maximum atomic E-state index is 12.5. The molecule has 3 nitrogen and oxygen atoms in total. The molecule has 1 N–H and O–H groups in total. The van der Waals surface area contributed by atoms with E-state index in [1.807, 2.05) is 19.1 Å². The molecule has 2 fully saturated rings. The predicted molar refractivity (Wildman–Crippen MR) is 80.8 cm³/mol. The lowest BCUT2D eigenvalue weighted by Crippen LogP contribution is -2.50. The van der Waals surface area contributed by atoms with Crippen molar-refractivity contribution in [3.8, 4) is 0 Å². The number of nitrogens with one attached hydrogen (secondary N) is 1. The largest absolute Gasteiger partial charge is 0.349 e. The van der Waals surface area contributed by atoms with Gasteiger partial charge in [0.1, 0.15) is 0 Å². The molecule has 1 aliphatic heterocycles. The van der Waals surface area contributed by atoms with Crippen molar-refractivity contribution in [1.29, 1.82) is 0 Å². The lowest BCUT2D eigenvalue weighted by Gasteiger charge is -2.35. The number of benzene rings is 1. The fourth-order valence-corrected chi connectivity index (χ4v) is 2.90. The van der Waals surface area contributed by atoms with Crippen LogP contribution in [-0.4, -0.2) is 36.0 Å². The molecule has 1 saturated carbocycles. The summed E-state index contributed by atoms with van der Waals surface area (Å²) >= 11 is 0. The molecule has 0 spiro atoms. The molecular formula is C17H24N2O. The highest BCUT2D eigenvalue weighted by Gasteiger charge is 2.46. The number of nitrogens with zero attached hydrogens (tertiary/aromatic N) is 1. The van der Waals surface area contributed by atoms with Crippen LogP contribution in [-0.2, 0) is 4.79 Å². The Labute approximate surface area is 121 Å². The van der Waals surface area contributed by atoms with Crippen molar-refractivity contribution >= 4 is 5.91 Å². The zero-order valence-corrected chi connectivity index (χ0v) is 12.5. The van der Waals surface area contributed by atoms with Crippen molar-refractivity contribution in [2.75, 3.05) is 19.6 Å². The first kappa shape index (κ1) is 13.6. The summed E-state index contributed by atoms with van der Waals surface area (Å²) in [5.41, 5.74) is 2.40. The van der Waals surface area contributed by atoms with Crippen molar-refractivity contribution in [2.45, 2.75) is 44.6 Å². The standard InChI is InChI=1S/C17H24N2O/c1-13-5-3-6-15(11-13)14(2)16(20)18-17(7-8-17)12-19-9-4-10-19/h3,5-6,11,14H,4,7-10,12H2,1-2H3,(H,18,20)/t14-/m0/s1. The Morgan fingerprint density at radius 2 is 2.15 bits per heavy atom. The molecule has 0 aromatic heterocycles. The van der Waals surface area contributed by atoms with Gasteiger partial charge in [0.2, 0.25) is 5.91 Å². The summed E-state index contributed by atoms with van der Waals surface area (Å²) in [7, 11) is 0. The molecule has 1 heterocycles. The highest BCUT2D eigenvalue weighted by molar-refractivity contribution is 5.84. The number of rotatable bonds is 5. The van der Waals surface area contributed by atoms with Crippen LogP contribution in [0.4, 0.5) is 0 Å². The Balaban J connectivity index is 1.61. The van der Waals surface area contributed by atoms with E-state index in [9.17, 15) is 4.79 Å². The van der Waals surface area contributed by atoms with Crippen molar-refractivity contribution in [3.63, 3.8) is 0 Å². The number of hydrogen-bond donors (Lipinski definition) is 1. The van der Waals surface area contributed by atoms with Gasteiger partial charge in [-0.25, -0.2) is 0 Å². The number of carbonyl (C=O) groups excluding carboxylic acids is 1. The van der Waals surface area contributed by atoms with Crippen LogP contribution < -0.4 is 5.32 Å². The molecule has 2 aliphatic rings. The van der Waals surface area contributed by atoms with Crippen LogP contribution >= 0.6 is 0 Å². The van der Waals surface area contributed by atoms with Gasteiger partial charge in [-0.3, -0.25) is 4.79 Å². The molecule has 20 heavy (non-hydrogen) atoms. The minimum Gasteiger partial charge on any atom is -0.349 e. The van der Waals surface area contributed by atoms with E-state index < -0.39 is 0 Å². The molecule has 0 unspecified atom stereocenters. The lowest BCUT2D eigenvalue weighted by atomic mass is 9.98. The molecule has 1 aliphatic carbocycles. The average Bonchev–Trinajstić information content (AvgIpc) is 3.13. The fraction of sp³-hybridized carbons (Fsp3) is 0.588. The second-order valence-corrected chi connectivity index (χ2v) is 6.54. The molecule has 108 valence electrons. The summed E-state index contributed by atoms with van der Waals surface area (Å²) in [6.07, 6.45) is 3.58. The third kappa shape index (κ3) is 2.88. The Hall–Kier alpha value is -1.35. The Kier molecular flexibility index (Phi) is 3.55. The van der Waals surface area contributed by atoms with Gasteiger partial charge in [0.25, 0.3) is 0 Å². The highest BCUT2D eigenvalue weighted by Crippen LogP contribution is 2.37. The molecular weight excluding hydrogens is 248 g/mol. The lowest BCUT2D eigenvalue weighted by molar-refractivity contribution is -0.123. The number of aryl methyl sites for hydroxylation is 1. The first-order valence-electron chi connectivity index (χ1n) is 7.69. The average molecular weight is 272 g/mol. The van der Waals surface area contributed by atoms with Crippen molar-refractivity contribution < 1.29 is 4.79 Å². The van der Waals surface area contributed by atoms with Gasteiger partial charge in [-0.15, -0.1) is 0 Å². The molecule has 1 saturated heterocycles. The van der Waals surface area contributed by atoms with E-state index in [0.717, 1.165) is 24.9 Å². The van der Waals surface area contributed by atoms with E-state index in [1.165, 1.54) is 25.1 Å². The second kappa shape index (κ2) is 5.21. The maximum absolute atomic E-state index is 12.5. The molecule has 3 heteroatoms. The maximum Gasteiger partial charge on any atom is 0.227 e. The summed E-state index contributed by atoms with van der Waals surface area (Å²) in [5.74, 6) is 0.109. The molecule has 1 aromatic carbocycles. The predicted octanol–water partition coefficient (Wildman–Crippen LogP) is 2.45. The molecule has 3 rings (SSSR count). The van der Waals surface area contributed by atoms with Crippen molar-refractivity contribution in [3.05, 3.63) is 35.4 Å². The van der Waals surface area contributed by atoms with Gasteiger partial charge in [0, 0.05) is 6.54 Å². The molecule has 1 atom stereocenters. The third-order valence-electron chi connectivity index (χ3n) is 4.65. The Morgan fingerprint density at radius 1 is 1.40 bits per heavy atom. The monoisotopic (exact) mass is 272 g/mol. The van der Waals surface area contributed by atoms with Crippen LogP contribution in [0.25, 0.3) is 0 Å². The van der Waals surface area contributed by atoms with Gasteiger partial charge in [-0.05, 0) is 51.8 Å². The quantitative estimate of drug-likeness (QED) is 0.893. The Morgan fingerprint density at radius 3 is 2.70 bits per heavy atom. The highest BCUT2D eigenvalue weighted by atomic mass is 16.2. The van der Waals surface area contributed by atoms with Crippen LogP contribution in [0, 0.1) is 6.92 Å². The molecule has 0 bridgehead atoms. The van der Waals surface area contributed by atoms with E-state index >= 15 is 0 Å². The normalized spacial score (nSPS) is 21.9. The summed E-state index contributed by atoms with van der Waals surface area (Å²) in [6, 6.07) is 8.26. The van der Waals surface area contributed by atoms with Gasteiger partial charge in [-0.1, -0.05) is 29.8 Å². The fourth-order valence-electron chi connectivity index (χ4n) is 2.90. The van der Waals surface area contributed by atoms with Gasteiger partial charge in [0.15, 0.2) is 0 Å². The van der Waals surface area contributed by atoms with Gasteiger partial charge < -0.3 is 10.2 Å². The van der Waals surface area contributed by atoms with Crippen LogP contribution in [0.1, 0.15) is 43.2 Å². The number of amides is 1. The molecule has 1 aromatic rings. The molecule has 0 radical (unpaired) electrons. The van der Waals surface area contributed by atoms with E-state index in [0.29, 0.717) is 0 Å². The number of hydrogen-bond acceptors (Lipinski definition) is 2. The van der Waals surface area contributed by atoms with Gasteiger partial charge in [0.05, 0.1) is 11.5 Å². The number of likely N-dealkylation sites (tertiary alicyclic amines) is 1. The zero-order valence-electron chi connectivity index (χ0n) is 12.5. The van der Waals surface area contributed by atoms with E-state index in [4.69, 9.17) is 0 Å². The minimum absolute atomic E-state index is 0.0660. The minimum atomic E-state index is -0.0660. The van der Waals surface area contributed by atoms with E-state index in [2.05, 4.69) is 29.3 Å². The third-order valence-corrected chi connectivity index (χ3v) is 4.65. The van der Waals surface area contributed by atoms with Crippen LogP contribution in [0.3, 0.4) is 0 Å². The van der Waals surface area contributed by atoms with Crippen LogP contribution in [0.15, 0.2) is 24.3 Å².